The largest absolute Gasteiger partial charge is 0.492 e. The summed E-state index contributed by atoms with van der Waals surface area (Å²) in [6, 6.07) is 6.21. The molecule has 0 spiro atoms. The number of rotatable bonds is 10. The molecule has 4 heteroatoms. The molecule has 0 aliphatic heterocycles. The third kappa shape index (κ3) is 6.95. The van der Waals surface area contributed by atoms with Gasteiger partial charge in [-0.3, -0.25) is 0 Å². The monoisotopic (exact) mass is 329 g/mol. The first-order valence-corrected chi connectivity index (χ1v) is 7.80. The highest BCUT2D eigenvalue weighted by Gasteiger charge is 2.02. The SMILES string of the molecule is CCCOc1ccc(CNCCCCCO)cc1Br. The van der Waals surface area contributed by atoms with Crippen molar-refractivity contribution in [1.29, 1.82) is 0 Å². The van der Waals surface area contributed by atoms with E-state index in [0.717, 1.165) is 55.6 Å². The van der Waals surface area contributed by atoms with Crippen molar-refractivity contribution in [1.82, 2.24) is 5.32 Å². The summed E-state index contributed by atoms with van der Waals surface area (Å²) in [5.74, 6) is 0.911. The van der Waals surface area contributed by atoms with Crippen LogP contribution < -0.4 is 10.1 Å². The van der Waals surface area contributed by atoms with Gasteiger partial charge >= 0.3 is 0 Å². The average molecular weight is 330 g/mol. The van der Waals surface area contributed by atoms with Crippen LogP contribution in [0, 0.1) is 0 Å². The lowest BCUT2D eigenvalue weighted by Crippen LogP contribution is -2.14. The molecule has 2 N–H and O–H groups in total. The Hall–Kier alpha value is -0.580. The molecule has 0 aliphatic rings. The topological polar surface area (TPSA) is 41.5 Å². The molecule has 0 atom stereocenters. The number of aliphatic hydroxyl groups excluding tert-OH is 1. The lowest BCUT2D eigenvalue weighted by molar-refractivity contribution is 0.283. The van der Waals surface area contributed by atoms with Crippen molar-refractivity contribution in [3.8, 4) is 5.75 Å². The molecular formula is C15H24BrNO2. The Morgan fingerprint density at radius 3 is 2.79 bits per heavy atom. The fourth-order valence-corrected chi connectivity index (χ4v) is 2.30. The van der Waals surface area contributed by atoms with E-state index < -0.39 is 0 Å². The van der Waals surface area contributed by atoms with Gasteiger partial charge in [0.1, 0.15) is 5.75 Å². The lowest BCUT2D eigenvalue weighted by Gasteiger charge is -2.09. The summed E-state index contributed by atoms with van der Waals surface area (Å²) in [7, 11) is 0. The van der Waals surface area contributed by atoms with Gasteiger partial charge in [0.05, 0.1) is 11.1 Å². The van der Waals surface area contributed by atoms with Crippen LogP contribution in [0.1, 0.15) is 38.2 Å². The normalized spacial score (nSPS) is 10.7. The molecule has 0 heterocycles. The number of unbranched alkanes of at least 4 members (excludes halogenated alkanes) is 2. The molecule has 0 saturated carbocycles. The predicted octanol–water partition coefficient (Wildman–Crippen LogP) is 3.49. The van der Waals surface area contributed by atoms with E-state index in [4.69, 9.17) is 9.84 Å². The van der Waals surface area contributed by atoms with Crippen LogP contribution in [0.5, 0.6) is 5.75 Å². The van der Waals surface area contributed by atoms with Crippen molar-refractivity contribution in [2.75, 3.05) is 19.8 Å². The molecule has 0 saturated heterocycles. The molecule has 0 fully saturated rings. The molecule has 19 heavy (non-hydrogen) atoms. The molecule has 1 aromatic carbocycles. The Bertz CT molecular complexity index is 358. The van der Waals surface area contributed by atoms with Gasteiger partial charge in [-0.25, -0.2) is 0 Å². The number of benzene rings is 1. The number of nitrogens with one attached hydrogen (secondary N) is 1. The maximum absolute atomic E-state index is 8.68. The summed E-state index contributed by atoms with van der Waals surface area (Å²) in [5, 5.41) is 12.1. The Morgan fingerprint density at radius 1 is 1.26 bits per heavy atom. The Morgan fingerprint density at radius 2 is 2.11 bits per heavy atom. The van der Waals surface area contributed by atoms with Crippen LogP contribution in [0.2, 0.25) is 0 Å². The summed E-state index contributed by atoms with van der Waals surface area (Å²) in [5.41, 5.74) is 1.25. The van der Waals surface area contributed by atoms with Gasteiger partial charge in [0, 0.05) is 13.2 Å². The fourth-order valence-electron chi connectivity index (χ4n) is 1.75. The number of aliphatic hydroxyl groups is 1. The van der Waals surface area contributed by atoms with E-state index in [1.54, 1.807) is 0 Å². The van der Waals surface area contributed by atoms with E-state index in [0.29, 0.717) is 6.61 Å². The molecule has 3 nitrogen and oxygen atoms in total. The van der Waals surface area contributed by atoms with Crippen molar-refractivity contribution in [2.45, 2.75) is 39.2 Å². The third-order valence-electron chi connectivity index (χ3n) is 2.80. The second-order valence-electron chi connectivity index (χ2n) is 4.57. The molecule has 0 unspecified atom stereocenters. The van der Waals surface area contributed by atoms with Gasteiger partial charge in [-0.05, 0) is 65.9 Å². The van der Waals surface area contributed by atoms with Crippen molar-refractivity contribution >= 4 is 15.9 Å². The Kier molecular flexibility index (Phi) is 8.88. The average Bonchev–Trinajstić information content (AvgIpc) is 2.42. The van der Waals surface area contributed by atoms with Crippen LogP contribution in [-0.4, -0.2) is 24.9 Å². The van der Waals surface area contributed by atoms with Gasteiger partial charge in [-0.1, -0.05) is 13.0 Å². The van der Waals surface area contributed by atoms with E-state index in [2.05, 4.69) is 40.3 Å². The van der Waals surface area contributed by atoms with Gasteiger partial charge in [-0.15, -0.1) is 0 Å². The van der Waals surface area contributed by atoms with Crippen molar-refractivity contribution in [3.63, 3.8) is 0 Å². The zero-order chi connectivity index (χ0) is 13.9. The zero-order valence-corrected chi connectivity index (χ0v) is 13.2. The molecule has 1 aromatic rings. The maximum atomic E-state index is 8.68. The standard InChI is InChI=1S/C15H24BrNO2/c1-2-10-19-15-7-6-13(11-14(15)16)12-17-8-4-3-5-9-18/h6-7,11,17-18H,2-5,8-10,12H2,1H3. The van der Waals surface area contributed by atoms with Crippen LogP contribution >= 0.6 is 15.9 Å². The number of halogens is 1. The first kappa shape index (κ1) is 16.5. The maximum Gasteiger partial charge on any atom is 0.133 e. The lowest BCUT2D eigenvalue weighted by atomic mass is 10.2. The summed E-state index contributed by atoms with van der Waals surface area (Å²) < 4.78 is 6.63. The highest BCUT2D eigenvalue weighted by atomic mass is 79.9. The molecule has 108 valence electrons. The van der Waals surface area contributed by atoms with Crippen LogP contribution in [0.15, 0.2) is 22.7 Å². The Labute approximate surface area is 124 Å². The molecule has 0 bridgehead atoms. The summed E-state index contributed by atoms with van der Waals surface area (Å²) in [6.45, 7) is 5.01. The van der Waals surface area contributed by atoms with Crippen LogP contribution in [0.3, 0.4) is 0 Å². The van der Waals surface area contributed by atoms with Crippen molar-refractivity contribution in [3.05, 3.63) is 28.2 Å². The van der Waals surface area contributed by atoms with Gasteiger partial charge in [-0.2, -0.15) is 0 Å². The molecule has 1 rings (SSSR count). The molecule has 0 aliphatic carbocycles. The van der Waals surface area contributed by atoms with Crippen LogP contribution in [-0.2, 0) is 6.54 Å². The number of ether oxygens (including phenoxy) is 1. The summed E-state index contributed by atoms with van der Waals surface area (Å²) >= 11 is 3.54. The quantitative estimate of drug-likeness (QED) is 0.645. The van der Waals surface area contributed by atoms with Crippen molar-refractivity contribution < 1.29 is 9.84 Å². The summed E-state index contributed by atoms with van der Waals surface area (Å²) in [6.07, 6.45) is 4.11. The second-order valence-corrected chi connectivity index (χ2v) is 5.43. The van der Waals surface area contributed by atoms with E-state index in [1.807, 2.05) is 6.07 Å². The van der Waals surface area contributed by atoms with E-state index in [9.17, 15) is 0 Å². The minimum atomic E-state index is 0.298. The predicted molar refractivity (Wildman–Crippen MR) is 82.6 cm³/mol. The highest BCUT2D eigenvalue weighted by Crippen LogP contribution is 2.26. The van der Waals surface area contributed by atoms with Gasteiger partial charge in [0.25, 0.3) is 0 Å². The smallest absolute Gasteiger partial charge is 0.133 e. The molecule has 0 radical (unpaired) electrons. The molecule has 0 aromatic heterocycles. The van der Waals surface area contributed by atoms with Gasteiger partial charge in [0.2, 0.25) is 0 Å². The first-order chi connectivity index (χ1) is 9.27. The molecular weight excluding hydrogens is 306 g/mol. The second kappa shape index (κ2) is 10.2. The first-order valence-electron chi connectivity index (χ1n) is 7.00. The van der Waals surface area contributed by atoms with E-state index in [-0.39, 0.29) is 0 Å². The number of hydrogen-bond donors (Lipinski definition) is 2. The van der Waals surface area contributed by atoms with Gasteiger partial charge < -0.3 is 15.2 Å². The Balaban J connectivity index is 2.29. The van der Waals surface area contributed by atoms with E-state index in [1.165, 1.54) is 5.56 Å². The van der Waals surface area contributed by atoms with Crippen LogP contribution in [0.4, 0.5) is 0 Å². The number of hydrogen-bond acceptors (Lipinski definition) is 3. The van der Waals surface area contributed by atoms with Crippen molar-refractivity contribution in [2.24, 2.45) is 0 Å². The molecule has 0 amide bonds. The summed E-state index contributed by atoms with van der Waals surface area (Å²) in [4.78, 5) is 0. The third-order valence-corrected chi connectivity index (χ3v) is 3.42. The fraction of sp³-hybridized carbons (Fsp3) is 0.600. The van der Waals surface area contributed by atoms with Crippen LogP contribution in [0.25, 0.3) is 0 Å². The highest BCUT2D eigenvalue weighted by molar-refractivity contribution is 9.10. The zero-order valence-electron chi connectivity index (χ0n) is 11.6. The minimum Gasteiger partial charge on any atom is -0.492 e. The van der Waals surface area contributed by atoms with E-state index >= 15 is 0 Å². The minimum absolute atomic E-state index is 0.298. The van der Waals surface area contributed by atoms with Gasteiger partial charge in [0.15, 0.2) is 0 Å².